The van der Waals surface area contributed by atoms with E-state index in [4.69, 9.17) is 4.74 Å². The summed E-state index contributed by atoms with van der Waals surface area (Å²) in [5.74, 6) is -13.9. The number of benzene rings is 2. The average Bonchev–Trinajstić information content (AvgIpc) is 3.35. The van der Waals surface area contributed by atoms with Crippen LogP contribution in [-0.4, -0.2) is 54.6 Å². The van der Waals surface area contributed by atoms with Crippen molar-refractivity contribution in [2.24, 2.45) is 11.8 Å². The summed E-state index contributed by atoms with van der Waals surface area (Å²) in [6, 6.07) is 5.32. The van der Waals surface area contributed by atoms with E-state index in [2.05, 4.69) is 21.3 Å². The van der Waals surface area contributed by atoms with Gasteiger partial charge in [0.05, 0.1) is 6.04 Å². The number of hydrogen-bond acceptors (Lipinski definition) is 6. The van der Waals surface area contributed by atoms with Crippen molar-refractivity contribution < 1.29 is 46.3 Å². The van der Waals surface area contributed by atoms with Crippen LogP contribution in [0.25, 0.3) is 0 Å². The van der Waals surface area contributed by atoms with E-state index in [1.54, 1.807) is 44.2 Å². The number of Topliss-reactive ketones (excluding diaryl/α,β-unsaturated/α-hetero) is 1. The number of nitrogens with one attached hydrogen (secondary N) is 4. The van der Waals surface area contributed by atoms with Crippen molar-refractivity contribution in [1.82, 2.24) is 16.0 Å². The Bertz CT molecular complexity index is 1320. The Morgan fingerprint density at radius 1 is 0.952 bits per heavy atom. The highest BCUT2D eigenvalue weighted by atomic mass is 19.2. The number of ether oxygens (including phenoxy) is 1. The maximum Gasteiger partial charge on any atom is 0.313 e. The Labute approximate surface area is 238 Å². The van der Waals surface area contributed by atoms with Gasteiger partial charge in [-0.2, -0.15) is 8.78 Å². The normalized spacial score (nSPS) is 15.9. The monoisotopic (exact) mass is 594 g/mol. The number of carbonyl (C=O) groups is 5. The van der Waals surface area contributed by atoms with E-state index in [1.165, 1.54) is 0 Å². The molecule has 1 fully saturated rings. The first-order valence-electron chi connectivity index (χ1n) is 13.1. The first-order valence-corrected chi connectivity index (χ1v) is 13.1. The highest BCUT2D eigenvalue weighted by Gasteiger charge is 2.34. The second-order valence-electron chi connectivity index (χ2n) is 10.1. The van der Waals surface area contributed by atoms with E-state index in [9.17, 15) is 41.5 Å². The number of anilines is 1. The van der Waals surface area contributed by atoms with Crippen LogP contribution in [0.5, 0.6) is 5.75 Å². The minimum Gasteiger partial charge on any atom is -0.479 e. The van der Waals surface area contributed by atoms with Crippen LogP contribution in [0.3, 0.4) is 0 Å². The third-order valence-electron chi connectivity index (χ3n) is 6.39. The Hall–Kier alpha value is -4.49. The Balaban J connectivity index is 1.75. The molecule has 0 aromatic heterocycles. The van der Waals surface area contributed by atoms with Gasteiger partial charge in [0.15, 0.2) is 23.2 Å². The van der Waals surface area contributed by atoms with Gasteiger partial charge in [0.2, 0.25) is 23.4 Å². The molecule has 1 aliphatic rings. The van der Waals surface area contributed by atoms with Crippen molar-refractivity contribution in [3.8, 4) is 5.75 Å². The molecule has 0 bridgehead atoms. The van der Waals surface area contributed by atoms with Crippen LogP contribution >= 0.6 is 0 Å². The minimum atomic E-state index is -1.86. The Morgan fingerprint density at radius 2 is 1.60 bits per heavy atom. The van der Waals surface area contributed by atoms with E-state index in [-0.39, 0.29) is 24.8 Å². The van der Waals surface area contributed by atoms with Gasteiger partial charge in [-0.15, -0.1) is 0 Å². The van der Waals surface area contributed by atoms with Crippen LogP contribution in [0.2, 0.25) is 0 Å². The van der Waals surface area contributed by atoms with Gasteiger partial charge in [-0.3, -0.25) is 24.0 Å². The van der Waals surface area contributed by atoms with Gasteiger partial charge in [0, 0.05) is 24.2 Å². The van der Waals surface area contributed by atoms with Gasteiger partial charge in [-0.05, 0) is 37.3 Å². The molecule has 0 unspecified atom stereocenters. The van der Waals surface area contributed by atoms with Crippen LogP contribution in [0.15, 0.2) is 36.4 Å². The summed E-state index contributed by atoms with van der Waals surface area (Å²) in [7, 11) is 0. The molecule has 14 heteroatoms. The summed E-state index contributed by atoms with van der Waals surface area (Å²) in [5.41, 5.74) is 0.342. The second kappa shape index (κ2) is 14.4. The first-order chi connectivity index (χ1) is 19.9. The van der Waals surface area contributed by atoms with Crippen LogP contribution in [0, 0.1) is 35.1 Å². The van der Waals surface area contributed by atoms with Crippen molar-refractivity contribution in [2.75, 3.05) is 18.5 Å². The molecule has 10 nitrogen and oxygen atoms in total. The molecule has 3 rings (SSSR count). The van der Waals surface area contributed by atoms with Gasteiger partial charge < -0.3 is 26.0 Å². The molecular weight excluding hydrogens is 564 g/mol. The average molecular weight is 595 g/mol. The number of para-hydroxylation sites is 1. The summed E-state index contributed by atoms with van der Waals surface area (Å²) in [6.45, 7) is 2.70. The number of rotatable bonds is 12. The van der Waals surface area contributed by atoms with Crippen molar-refractivity contribution in [2.45, 2.75) is 45.2 Å². The van der Waals surface area contributed by atoms with E-state index < -0.39 is 83.0 Å². The van der Waals surface area contributed by atoms with Crippen LogP contribution < -0.4 is 26.0 Å². The second-order valence-corrected chi connectivity index (χ2v) is 10.1. The third kappa shape index (κ3) is 8.51. The highest BCUT2D eigenvalue weighted by molar-refractivity contribution is 6.40. The van der Waals surface area contributed by atoms with E-state index in [0.717, 1.165) is 0 Å². The minimum absolute atomic E-state index is 0.0235. The molecule has 226 valence electrons. The highest BCUT2D eigenvalue weighted by Crippen LogP contribution is 2.27. The lowest BCUT2D eigenvalue weighted by atomic mass is 9.95. The van der Waals surface area contributed by atoms with Gasteiger partial charge in [0.25, 0.3) is 0 Å². The van der Waals surface area contributed by atoms with Crippen LogP contribution in [-0.2, 0) is 24.0 Å². The zero-order valence-electron chi connectivity index (χ0n) is 22.8. The summed E-state index contributed by atoms with van der Waals surface area (Å²) < 4.78 is 59.9. The summed E-state index contributed by atoms with van der Waals surface area (Å²) in [5, 5.41) is 9.72. The smallest absolute Gasteiger partial charge is 0.313 e. The van der Waals surface area contributed by atoms with Crippen molar-refractivity contribution in [1.29, 1.82) is 0 Å². The lowest BCUT2D eigenvalue weighted by molar-refractivity contribution is -0.138. The Kier molecular flexibility index (Phi) is 11.0. The summed E-state index contributed by atoms with van der Waals surface area (Å²) in [6.07, 6.45) is 0.138. The molecule has 2 aromatic rings. The Morgan fingerprint density at radius 3 is 2.17 bits per heavy atom. The zero-order chi connectivity index (χ0) is 31.0. The van der Waals surface area contributed by atoms with Gasteiger partial charge in [-0.25, -0.2) is 8.78 Å². The van der Waals surface area contributed by atoms with Crippen molar-refractivity contribution in [3.05, 3.63) is 59.7 Å². The molecule has 4 amide bonds. The maximum atomic E-state index is 14.0. The van der Waals surface area contributed by atoms with Crippen molar-refractivity contribution in [3.63, 3.8) is 0 Å². The molecule has 1 aliphatic heterocycles. The SMILES string of the molecule is CC(C)C[C@H](NC(=O)C(=O)Nc1ccccc1)C(=O)N[C@@H](C[C@@H]1CCNC1=O)C(=O)COc1c(F)c(F)cc(F)c1F. The predicted molar refractivity (Wildman–Crippen MR) is 141 cm³/mol. The summed E-state index contributed by atoms with van der Waals surface area (Å²) >= 11 is 0. The molecule has 0 spiro atoms. The van der Waals surface area contributed by atoms with E-state index in [0.29, 0.717) is 18.7 Å². The molecule has 0 radical (unpaired) electrons. The molecule has 0 aliphatic carbocycles. The molecule has 42 heavy (non-hydrogen) atoms. The van der Waals surface area contributed by atoms with Gasteiger partial charge in [-0.1, -0.05) is 32.0 Å². The molecule has 0 saturated carbocycles. The molecule has 3 atom stereocenters. The number of hydrogen-bond donors (Lipinski definition) is 4. The van der Waals surface area contributed by atoms with E-state index >= 15 is 0 Å². The predicted octanol–water partition coefficient (Wildman–Crippen LogP) is 2.37. The molecule has 4 N–H and O–H groups in total. The number of ketones is 1. The maximum absolute atomic E-state index is 14.0. The third-order valence-corrected chi connectivity index (χ3v) is 6.39. The molecule has 1 heterocycles. The van der Waals surface area contributed by atoms with Crippen molar-refractivity contribution >= 4 is 35.1 Å². The largest absolute Gasteiger partial charge is 0.479 e. The number of halogens is 4. The fourth-order valence-electron chi connectivity index (χ4n) is 4.26. The fourth-order valence-corrected chi connectivity index (χ4v) is 4.26. The van der Waals surface area contributed by atoms with Crippen LogP contribution in [0.4, 0.5) is 23.2 Å². The van der Waals surface area contributed by atoms with Gasteiger partial charge >= 0.3 is 11.8 Å². The number of amides is 4. The fraction of sp³-hybridized carbons (Fsp3) is 0.393. The zero-order valence-corrected chi connectivity index (χ0v) is 22.8. The van der Waals surface area contributed by atoms with E-state index in [1.807, 2.05) is 0 Å². The molecule has 2 aromatic carbocycles. The molecule has 1 saturated heterocycles. The number of carbonyl (C=O) groups excluding carboxylic acids is 5. The quantitative estimate of drug-likeness (QED) is 0.169. The molecular formula is C28H30F4N4O6. The van der Waals surface area contributed by atoms with Gasteiger partial charge in [0.1, 0.15) is 12.6 Å². The topological polar surface area (TPSA) is 143 Å². The first kappa shape index (κ1) is 32.0. The lowest BCUT2D eigenvalue weighted by Crippen LogP contribution is -2.54. The summed E-state index contributed by atoms with van der Waals surface area (Å²) in [4.78, 5) is 63.5. The standard InChI is InChI=1S/C28H30F4N4O6/c1-14(2)10-20(36-28(41)27(40)34-16-6-4-3-5-7-16)26(39)35-19(11-15-8-9-33-25(15)38)21(37)13-42-24-22(31)17(29)12-18(30)23(24)32/h3-7,12,14-15,19-20H,8-11,13H2,1-2H3,(H,33,38)(H,34,40)(H,35,39)(H,36,41)/t15-,19-,20-/m0/s1. The lowest BCUT2D eigenvalue weighted by Gasteiger charge is -2.25. The van der Waals surface area contributed by atoms with Crippen LogP contribution in [0.1, 0.15) is 33.1 Å².